The first-order valence-corrected chi connectivity index (χ1v) is 8.49. The van der Waals surface area contributed by atoms with Gasteiger partial charge in [-0.2, -0.15) is 0 Å². The molecule has 0 atom stereocenters. The molecule has 3 aromatic rings. The minimum Gasteiger partial charge on any atom is -0.490 e. The van der Waals surface area contributed by atoms with Gasteiger partial charge in [-0.15, -0.1) is 0 Å². The van der Waals surface area contributed by atoms with E-state index in [2.05, 4.69) is 0 Å². The van der Waals surface area contributed by atoms with Gasteiger partial charge in [-0.25, -0.2) is 0 Å². The summed E-state index contributed by atoms with van der Waals surface area (Å²) in [4.78, 5) is 0. The summed E-state index contributed by atoms with van der Waals surface area (Å²) in [6.45, 7) is 0.114. The monoisotopic (exact) mass is 358 g/mol. The zero-order valence-electron chi connectivity index (χ0n) is 14.4. The molecule has 6 heteroatoms. The lowest BCUT2D eigenvalue weighted by Crippen LogP contribution is -2.07. The molecule has 0 aliphatic rings. The van der Waals surface area contributed by atoms with Crippen LogP contribution in [0.2, 0.25) is 0 Å². The van der Waals surface area contributed by atoms with Crippen LogP contribution in [0.4, 0.5) is 0 Å². The minimum atomic E-state index is -0.128. The van der Waals surface area contributed by atoms with Gasteiger partial charge in [0.15, 0.2) is 11.5 Å². The van der Waals surface area contributed by atoms with Crippen molar-refractivity contribution in [1.82, 2.24) is 0 Å². The van der Waals surface area contributed by atoms with Gasteiger partial charge in [0.25, 0.3) is 0 Å². The molecule has 6 nitrogen and oxygen atoms in total. The zero-order valence-corrected chi connectivity index (χ0v) is 14.4. The summed E-state index contributed by atoms with van der Waals surface area (Å²) in [6, 6.07) is 13.4. The van der Waals surface area contributed by atoms with Crippen LogP contribution >= 0.6 is 0 Å². The SMILES string of the molecule is OCCOc1ccc2c(OCCO)c3ccccc3cc2c1OCCO. The molecule has 3 N–H and O–H groups in total. The number of benzene rings is 3. The summed E-state index contributed by atoms with van der Waals surface area (Å²) < 4.78 is 17.2. The van der Waals surface area contributed by atoms with E-state index in [1.807, 2.05) is 36.4 Å². The van der Waals surface area contributed by atoms with Gasteiger partial charge in [-0.3, -0.25) is 0 Å². The van der Waals surface area contributed by atoms with Gasteiger partial charge < -0.3 is 29.5 Å². The fraction of sp³-hybridized carbons (Fsp3) is 0.300. The lowest BCUT2D eigenvalue weighted by molar-refractivity contribution is 0.179. The maximum atomic E-state index is 9.16. The molecule has 3 rings (SSSR count). The Morgan fingerprint density at radius 2 is 1.27 bits per heavy atom. The minimum absolute atomic E-state index is 0.0870. The Labute approximate surface area is 151 Å². The molecule has 0 saturated heterocycles. The van der Waals surface area contributed by atoms with Crippen LogP contribution in [0, 0.1) is 0 Å². The lowest BCUT2D eigenvalue weighted by Gasteiger charge is -2.18. The number of aliphatic hydroxyl groups is 3. The van der Waals surface area contributed by atoms with E-state index < -0.39 is 0 Å². The van der Waals surface area contributed by atoms with Gasteiger partial charge in [0.2, 0.25) is 0 Å². The van der Waals surface area contributed by atoms with Crippen molar-refractivity contribution < 1.29 is 29.5 Å². The predicted octanol–water partition coefficient (Wildman–Crippen LogP) is 2.11. The van der Waals surface area contributed by atoms with Gasteiger partial charge in [0.05, 0.1) is 19.8 Å². The molecular formula is C20H22O6. The van der Waals surface area contributed by atoms with E-state index in [0.717, 1.165) is 21.5 Å². The van der Waals surface area contributed by atoms with E-state index in [-0.39, 0.29) is 39.6 Å². The molecular weight excluding hydrogens is 336 g/mol. The number of fused-ring (bicyclic) bond motifs is 2. The molecule has 0 spiro atoms. The van der Waals surface area contributed by atoms with Crippen LogP contribution < -0.4 is 14.2 Å². The molecule has 138 valence electrons. The summed E-state index contributed by atoms with van der Waals surface area (Å²) in [5.41, 5.74) is 0. The van der Waals surface area contributed by atoms with E-state index in [4.69, 9.17) is 29.5 Å². The molecule has 0 radical (unpaired) electrons. The Morgan fingerprint density at radius 3 is 2.00 bits per heavy atom. The molecule has 0 saturated carbocycles. The second kappa shape index (κ2) is 8.71. The van der Waals surface area contributed by atoms with Gasteiger partial charge in [0, 0.05) is 16.2 Å². The number of hydrogen-bond acceptors (Lipinski definition) is 6. The van der Waals surface area contributed by atoms with Crippen molar-refractivity contribution in [3.05, 3.63) is 42.5 Å². The second-order valence-corrected chi connectivity index (χ2v) is 5.63. The standard InChI is InChI=1S/C20H22O6/c21-7-10-24-18-6-5-16-17(20(18)26-12-9-23)13-14-3-1-2-4-15(14)19(16)25-11-8-22/h1-6,13,21-23H,7-12H2. The van der Waals surface area contributed by atoms with Crippen molar-refractivity contribution >= 4 is 21.5 Å². The first-order valence-electron chi connectivity index (χ1n) is 8.49. The van der Waals surface area contributed by atoms with Crippen LogP contribution in [-0.2, 0) is 0 Å². The maximum absolute atomic E-state index is 9.16. The van der Waals surface area contributed by atoms with Gasteiger partial charge in [-0.05, 0) is 23.6 Å². The van der Waals surface area contributed by atoms with Gasteiger partial charge >= 0.3 is 0 Å². The zero-order chi connectivity index (χ0) is 18.4. The highest BCUT2D eigenvalue weighted by Gasteiger charge is 2.16. The first-order chi connectivity index (χ1) is 12.8. The van der Waals surface area contributed by atoms with Crippen LogP contribution in [-0.4, -0.2) is 55.0 Å². The highest BCUT2D eigenvalue weighted by molar-refractivity contribution is 6.08. The van der Waals surface area contributed by atoms with Crippen molar-refractivity contribution in [2.24, 2.45) is 0 Å². The summed E-state index contributed by atoms with van der Waals surface area (Å²) in [5.74, 6) is 1.64. The number of rotatable bonds is 9. The van der Waals surface area contributed by atoms with Crippen LogP contribution in [0.15, 0.2) is 42.5 Å². The van der Waals surface area contributed by atoms with E-state index >= 15 is 0 Å². The molecule has 26 heavy (non-hydrogen) atoms. The molecule has 0 amide bonds. The Hall–Kier alpha value is -2.54. The van der Waals surface area contributed by atoms with E-state index in [1.165, 1.54) is 0 Å². The summed E-state index contributed by atoms with van der Waals surface area (Å²) in [5, 5.41) is 30.8. The molecule has 0 heterocycles. The van der Waals surface area contributed by atoms with E-state index in [9.17, 15) is 0 Å². The van der Waals surface area contributed by atoms with Crippen LogP contribution in [0.3, 0.4) is 0 Å². The van der Waals surface area contributed by atoms with Crippen molar-refractivity contribution in [1.29, 1.82) is 0 Å². The molecule has 0 aliphatic heterocycles. The van der Waals surface area contributed by atoms with Crippen molar-refractivity contribution in [2.75, 3.05) is 39.6 Å². The lowest BCUT2D eigenvalue weighted by atomic mass is 10.0. The fourth-order valence-electron chi connectivity index (χ4n) is 2.92. The molecule has 0 aromatic heterocycles. The first kappa shape index (κ1) is 18.3. The van der Waals surface area contributed by atoms with Crippen molar-refractivity contribution in [3.63, 3.8) is 0 Å². The third kappa shape index (κ3) is 3.67. The molecule has 0 fully saturated rings. The number of hydrogen-bond donors (Lipinski definition) is 3. The van der Waals surface area contributed by atoms with Crippen LogP contribution in [0.25, 0.3) is 21.5 Å². The van der Waals surface area contributed by atoms with Gasteiger partial charge in [-0.1, -0.05) is 24.3 Å². The highest BCUT2D eigenvalue weighted by atomic mass is 16.5. The average Bonchev–Trinajstić information content (AvgIpc) is 2.68. The Bertz CT molecular complexity index is 877. The summed E-state index contributed by atoms with van der Waals surface area (Å²) in [7, 11) is 0. The number of aliphatic hydroxyl groups excluding tert-OH is 3. The smallest absolute Gasteiger partial charge is 0.169 e. The Balaban J connectivity index is 2.24. The molecule has 0 bridgehead atoms. The van der Waals surface area contributed by atoms with Crippen molar-refractivity contribution in [3.8, 4) is 17.2 Å². The summed E-state index contributed by atoms with van der Waals surface area (Å²) >= 11 is 0. The highest BCUT2D eigenvalue weighted by Crippen LogP contribution is 2.43. The molecule has 0 unspecified atom stereocenters. The van der Waals surface area contributed by atoms with Crippen molar-refractivity contribution in [2.45, 2.75) is 0 Å². The van der Waals surface area contributed by atoms with E-state index in [0.29, 0.717) is 17.2 Å². The summed E-state index contributed by atoms with van der Waals surface area (Å²) in [6.07, 6.45) is 0. The molecule has 3 aromatic carbocycles. The number of ether oxygens (including phenoxy) is 3. The second-order valence-electron chi connectivity index (χ2n) is 5.63. The Morgan fingerprint density at radius 1 is 0.615 bits per heavy atom. The largest absolute Gasteiger partial charge is 0.490 e. The van der Waals surface area contributed by atoms with E-state index in [1.54, 1.807) is 6.07 Å². The topological polar surface area (TPSA) is 88.4 Å². The Kier molecular flexibility index (Phi) is 6.12. The third-order valence-corrected chi connectivity index (χ3v) is 3.93. The van der Waals surface area contributed by atoms with Gasteiger partial charge in [0.1, 0.15) is 25.6 Å². The third-order valence-electron chi connectivity index (χ3n) is 3.93. The molecule has 0 aliphatic carbocycles. The fourth-order valence-corrected chi connectivity index (χ4v) is 2.92. The van der Waals surface area contributed by atoms with Crippen LogP contribution in [0.1, 0.15) is 0 Å². The maximum Gasteiger partial charge on any atom is 0.169 e. The van der Waals surface area contributed by atoms with Crippen LogP contribution in [0.5, 0.6) is 17.2 Å². The predicted molar refractivity (Wildman–Crippen MR) is 99.2 cm³/mol. The normalized spacial score (nSPS) is 11.0. The quantitative estimate of drug-likeness (QED) is 0.508. The average molecular weight is 358 g/mol.